The van der Waals surface area contributed by atoms with E-state index < -0.39 is 27.2 Å². The maximum absolute atomic E-state index is 12.3. The Bertz CT molecular complexity index is 5250. The third-order valence-corrected chi connectivity index (χ3v) is 24.7. The number of aliphatic hydroxyl groups excluding tert-OH is 1. The molecule has 121 heavy (non-hydrogen) atoms. The summed E-state index contributed by atoms with van der Waals surface area (Å²) in [4.78, 5) is 50.0. The summed E-state index contributed by atoms with van der Waals surface area (Å²) >= 11 is 8.81. The van der Waals surface area contributed by atoms with Crippen LogP contribution >= 0.6 is 27.5 Å². The number of benzene rings is 9. The number of carbonyl (C=O) groups excluding carboxylic acids is 4. The molecule has 14 nitrogen and oxygen atoms in total. The second-order valence-corrected chi connectivity index (χ2v) is 35.5. The predicted molar refractivity (Wildman–Crippen MR) is 483 cm³/mol. The summed E-state index contributed by atoms with van der Waals surface area (Å²) in [7, 11) is -1.35. The van der Waals surface area contributed by atoms with Gasteiger partial charge in [0.05, 0.1) is 23.7 Å². The third kappa shape index (κ3) is 25.2. The van der Waals surface area contributed by atoms with Crippen molar-refractivity contribution in [2.75, 3.05) is 39.6 Å². The predicted octanol–water partition coefficient (Wildman–Crippen LogP) is 23.8. The van der Waals surface area contributed by atoms with Crippen molar-refractivity contribution < 1.29 is 69.4 Å². The molecule has 3 unspecified atom stereocenters. The van der Waals surface area contributed by atoms with Crippen LogP contribution in [-0.2, 0) is 66.4 Å². The molecule has 0 bridgehead atoms. The molecule has 6 aliphatic carbocycles. The van der Waals surface area contributed by atoms with Crippen LogP contribution in [0.3, 0.4) is 0 Å². The van der Waals surface area contributed by atoms with Gasteiger partial charge in [-0.25, -0.2) is 0 Å². The minimum atomic E-state index is -5.76. The Morgan fingerprint density at radius 3 is 1.53 bits per heavy atom. The monoisotopic (exact) mass is 1760 g/mol. The van der Waals surface area contributed by atoms with Gasteiger partial charge in [0, 0.05) is 48.3 Å². The highest BCUT2D eigenvalue weighted by Gasteiger charge is 2.49. The van der Waals surface area contributed by atoms with Gasteiger partial charge in [-0.1, -0.05) is 145 Å². The quantitative estimate of drug-likeness (QED) is 0.0433. The van der Waals surface area contributed by atoms with Gasteiger partial charge < -0.3 is 38.4 Å². The Morgan fingerprint density at radius 2 is 0.967 bits per heavy atom. The second-order valence-electron chi connectivity index (χ2n) is 32.7. The molecule has 0 aromatic heterocycles. The lowest BCUT2D eigenvalue weighted by Gasteiger charge is -2.29. The van der Waals surface area contributed by atoms with Crippen molar-refractivity contribution in [2.45, 2.75) is 243 Å². The number of ether oxygens (including phenoxy) is 3. The lowest BCUT2D eigenvalue weighted by molar-refractivity contribution is -0.133. The number of phenolic OH excluding ortho intramolecular Hbond substituents is 1. The van der Waals surface area contributed by atoms with E-state index in [2.05, 4.69) is 171 Å². The number of carbonyl (C=O) groups is 4. The zero-order valence-corrected chi connectivity index (χ0v) is 76.7. The largest absolute Gasteiger partial charge is 0.534 e. The van der Waals surface area contributed by atoms with Gasteiger partial charge in [-0.05, 0) is 346 Å². The van der Waals surface area contributed by atoms with Crippen molar-refractivity contribution in [1.82, 2.24) is 9.80 Å². The average Bonchev–Trinajstić information content (AvgIpc) is 1.51. The number of piperidine rings is 1. The molecule has 0 spiro atoms. The molecule has 17 rings (SSSR count). The standard InChI is InChI=1S/C24H31NO.C21H25NO.C11H9F3O4S.C11H14O.C10H9BrO.C10H11ClO2.C10H10O2.2C2H6/c1-16-13-18(3)24-21(14-16)6-8-23(24)26-22-7-5-20(15-17(22)2)19-9-11-25(4)12-10-19;1-14-10-15(2)21-17(11-14)5-7-20(21)23-19-6-4-18-13-22(3)9-8-16(18)12-19;1-6-4-7-2-3-8(15)10(7)9(5-6)18-19(16,17)11(12,13)14;1-7-5-8(2)11-9(6-7)3-4-10(11)12;1-6-4-7-2-3-9(12)10(7)8(11)5-6;1-8-3-2-4-9(7-8)13-10(12)5-6-11;1-6-4-7-2-3-8(11)10(7)9(12)5-6;2*1-2/h5,7,13-15,19,23H,6,8-12H2,1-4H3;4,6,10-12,20H,5,7-9,13H2,1-3H3;4-5H,2-3H2,1H3;5-6,10,12H,3-4H2,1-2H3;4-5H,2-3H2,1H3;2-4,7H,5-6H2,1H3;4-5,12H,2-3H2,1H3;2*1-2H3. The fourth-order valence-electron chi connectivity index (χ4n) is 17.5. The van der Waals surface area contributed by atoms with Crippen molar-refractivity contribution in [3.63, 3.8) is 0 Å². The number of halogens is 5. The van der Waals surface area contributed by atoms with Gasteiger partial charge in [0.15, 0.2) is 23.1 Å². The first-order chi connectivity index (χ1) is 57.5. The van der Waals surface area contributed by atoms with E-state index >= 15 is 0 Å². The number of rotatable bonds is 10. The number of aromatic hydroxyl groups is 1. The van der Waals surface area contributed by atoms with Crippen LogP contribution in [-0.4, -0.2) is 96.9 Å². The van der Waals surface area contributed by atoms with E-state index in [1.165, 1.54) is 126 Å². The summed E-state index contributed by atoms with van der Waals surface area (Å²) in [6.45, 7) is 35.3. The molecule has 0 amide bonds. The summed E-state index contributed by atoms with van der Waals surface area (Å²) in [5.41, 5.74) is 24.4. The molecule has 9 aromatic rings. The van der Waals surface area contributed by atoms with Crippen LogP contribution in [0.4, 0.5) is 13.2 Å². The second kappa shape index (κ2) is 43.4. The Labute approximate surface area is 729 Å². The van der Waals surface area contributed by atoms with Gasteiger partial charge in [-0.3, -0.25) is 19.2 Å². The van der Waals surface area contributed by atoms with Crippen LogP contribution < -0.4 is 18.4 Å². The van der Waals surface area contributed by atoms with Gasteiger partial charge >= 0.3 is 21.6 Å². The molecular formula is C101H121BrClF3N2O12S. The Hall–Kier alpha value is -8.95. The highest BCUT2D eigenvalue weighted by atomic mass is 79.9. The molecule has 2 N–H and O–H groups in total. The van der Waals surface area contributed by atoms with Crippen LogP contribution in [0, 0.1) is 76.2 Å². The van der Waals surface area contributed by atoms with E-state index in [1.807, 2.05) is 78.8 Å². The van der Waals surface area contributed by atoms with Crippen molar-refractivity contribution in [2.24, 2.45) is 0 Å². The zero-order valence-electron chi connectivity index (χ0n) is 73.5. The molecule has 3 atom stereocenters. The van der Waals surface area contributed by atoms with E-state index in [1.54, 1.807) is 25.1 Å². The van der Waals surface area contributed by atoms with Crippen LogP contribution in [0.15, 0.2) is 138 Å². The van der Waals surface area contributed by atoms with Crippen molar-refractivity contribution >= 4 is 61.0 Å². The van der Waals surface area contributed by atoms with Gasteiger partial charge in [0.2, 0.25) is 0 Å². The number of aryl methyl sites for hydroxylation is 17. The SMILES string of the molecule is CC.CC.Cc1cc(Br)c2c(c1)CCC2=O.Cc1cc(C)c2c(c1)CCC2O.Cc1cc(C)c2c(c1)CCC2Oc1ccc(C2CCN(C)CC2)cc1C.Cc1cc(C)c2c(c1)CCC2Oc1ccc2c(c1)CCN(C)C2.Cc1cc(O)c2c(c1)CCC2=O.Cc1cc2c(c(OS(=O)(=O)C(F)(F)F)c1)C(=O)CC2.Cc1cccc(OC(=O)CCCl)c1. The first-order valence-corrected chi connectivity index (χ1v) is 45.3. The van der Waals surface area contributed by atoms with E-state index in [0.29, 0.717) is 53.5 Å². The molecular weight excluding hydrogens is 1640 g/mol. The van der Waals surface area contributed by atoms with E-state index in [9.17, 15) is 51.0 Å². The highest BCUT2D eigenvalue weighted by molar-refractivity contribution is 9.10. The number of esters is 1. The Morgan fingerprint density at radius 1 is 0.471 bits per heavy atom. The Balaban J connectivity index is 0.000000163. The maximum Gasteiger partial charge on any atom is 0.534 e. The first-order valence-electron chi connectivity index (χ1n) is 42.6. The van der Waals surface area contributed by atoms with Crippen molar-refractivity contribution in [1.29, 1.82) is 0 Å². The number of hydrogen-bond donors (Lipinski definition) is 2. The van der Waals surface area contributed by atoms with Crippen LogP contribution in [0.2, 0.25) is 0 Å². The molecule has 1 fully saturated rings. The summed E-state index contributed by atoms with van der Waals surface area (Å²) in [5, 5.41) is 19.1. The summed E-state index contributed by atoms with van der Waals surface area (Å²) < 4.78 is 81.7. The highest BCUT2D eigenvalue weighted by Crippen LogP contribution is 2.43. The van der Waals surface area contributed by atoms with Gasteiger partial charge in [0.25, 0.3) is 0 Å². The average molecular weight is 1760 g/mol. The molecule has 2 heterocycles. The zero-order chi connectivity index (χ0) is 88.5. The Kier molecular flexibility index (Phi) is 34.4. The van der Waals surface area contributed by atoms with Gasteiger partial charge in [-0.2, -0.15) is 21.6 Å². The van der Waals surface area contributed by atoms with Crippen LogP contribution in [0.1, 0.15) is 269 Å². The minimum Gasteiger partial charge on any atom is -0.507 e. The molecule has 8 aliphatic rings. The number of ketones is 3. The van der Waals surface area contributed by atoms with Gasteiger partial charge in [0.1, 0.15) is 35.2 Å². The number of alkyl halides is 4. The number of likely N-dealkylation sites (N-methyl/N-ethyl adjacent to an activating group) is 1. The number of phenols is 1. The van der Waals surface area contributed by atoms with E-state index in [4.69, 9.17) is 25.8 Å². The number of aliphatic hydroxyl groups is 1. The number of hydrogen-bond acceptors (Lipinski definition) is 14. The summed E-state index contributed by atoms with van der Waals surface area (Å²) in [6.07, 6.45) is 14.0. The smallest absolute Gasteiger partial charge is 0.507 e. The lowest BCUT2D eigenvalue weighted by atomic mass is 9.89. The van der Waals surface area contributed by atoms with Crippen LogP contribution in [0.25, 0.3) is 0 Å². The van der Waals surface area contributed by atoms with E-state index in [-0.39, 0.29) is 60.0 Å². The number of Topliss-reactive ketones (excluding diaryl/α,β-unsaturated/α-hetero) is 3. The molecule has 0 saturated carbocycles. The molecule has 9 aromatic carbocycles. The number of likely N-dealkylation sites (tertiary alicyclic amines) is 1. The number of nitrogens with zero attached hydrogens (tertiary/aromatic N) is 2. The molecule has 648 valence electrons. The third-order valence-electron chi connectivity index (χ3n) is 22.9. The van der Waals surface area contributed by atoms with Gasteiger partial charge in [-0.15, -0.1) is 11.6 Å². The normalized spacial score (nSPS) is 17.0. The fourth-order valence-corrected chi connectivity index (χ4v) is 19.0. The van der Waals surface area contributed by atoms with Crippen LogP contribution in [0.5, 0.6) is 28.7 Å². The molecule has 0 radical (unpaired) electrons. The molecule has 1 saturated heterocycles. The van der Waals surface area contributed by atoms with E-state index in [0.717, 1.165) is 115 Å². The lowest BCUT2D eigenvalue weighted by Crippen LogP contribution is -2.29. The first kappa shape index (κ1) is 95.9. The fraction of sp³-hybridized carbons (Fsp3) is 0.426. The molecule has 20 heteroatoms. The van der Waals surface area contributed by atoms with Crippen molar-refractivity contribution in [3.05, 3.63) is 283 Å². The molecule has 2 aliphatic heterocycles. The summed E-state index contributed by atoms with van der Waals surface area (Å²) in [6, 6.07) is 44.9. The topological polar surface area (TPSA) is 186 Å². The summed E-state index contributed by atoms with van der Waals surface area (Å²) in [5.74, 6) is 2.91. The maximum atomic E-state index is 12.3. The minimum absolute atomic E-state index is 0.0709. The number of fused-ring (bicyclic) bond motifs is 7. The van der Waals surface area contributed by atoms with Crippen molar-refractivity contribution in [3.8, 4) is 28.7 Å².